The van der Waals surface area contributed by atoms with E-state index in [9.17, 15) is 0 Å². The predicted molar refractivity (Wildman–Crippen MR) is 74.3 cm³/mol. The molecule has 1 heteroatoms. The zero-order chi connectivity index (χ0) is 12.5. The van der Waals surface area contributed by atoms with Gasteiger partial charge in [0.2, 0.25) is 0 Å². The molecule has 0 heterocycles. The van der Waals surface area contributed by atoms with Gasteiger partial charge in [0, 0.05) is 12.0 Å². The minimum Gasteiger partial charge on any atom is -0.316 e. The molecule has 0 radical (unpaired) electrons. The van der Waals surface area contributed by atoms with Crippen LogP contribution in [0.1, 0.15) is 38.3 Å². The molecule has 1 aromatic rings. The summed E-state index contributed by atoms with van der Waals surface area (Å²) < 4.78 is 0. The van der Waals surface area contributed by atoms with E-state index in [4.69, 9.17) is 0 Å². The summed E-state index contributed by atoms with van der Waals surface area (Å²) in [5, 5.41) is 3.64. The Morgan fingerprint density at radius 2 is 2.00 bits per heavy atom. The van der Waals surface area contributed by atoms with Gasteiger partial charge >= 0.3 is 0 Å². The Morgan fingerprint density at radius 3 is 2.53 bits per heavy atom. The van der Waals surface area contributed by atoms with Crippen molar-refractivity contribution in [2.45, 2.75) is 39.5 Å². The van der Waals surface area contributed by atoms with Crippen LogP contribution in [-0.2, 0) is 5.41 Å². The number of nitrogens with one attached hydrogen (secondary N) is 1. The normalized spacial score (nSPS) is 27.5. The van der Waals surface area contributed by atoms with Gasteiger partial charge in [0.05, 0.1) is 0 Å². The summed E-state index contributed by atoms with van der Waals surface area (Å²) in [6.45, 7) is 11.4. The summed E-state index contributed by atoms with van der Waals surface area (Å²) in [6.07, 6.45) is 1.34. The minimum absolute atomic E-state index is 0.417. The van der Waals surface area contributed by atoms with E-state index in [-0.39, 0.29) is 0 Å². The molecular weight excluding hydrogens is 206 g/mol. The summed E-state index contributed by atoms with van der Waals surface area (Å²) in [5.74, 6) is 1.56. The standard InChI is InChI=1S/C16H25N/c1-12(2)10-17-11-16(9-14(16)4)15-8-6-5-7-13(15)3/h5-8,12,14,17H,9-11H2,1-4H3. The Balaban J connectivity index is 2.08. The molecule has 1 fully saturated rings. The van der Waals surface area contributed by atoms with Gasteiger partial charge in [-0.05, 0) is 42.9 Å². The molecule has 0 aromatic heterocycles. The largest absolute Gasteiger partial charge is 0.316 e. The molecule has 1 aliphatic carbocycles. The Hall–Kier alpha value is -0.820. The first kappa shape index (κ1) is 12.6. The summed E-state index contributed by atoms with van der Waals surface area (Å²) >= 11 is 0. The van der Waals surface area contributed by atoms with Crippen LogP contribution in [-0.4, -0.2) is 13.1 Å². The SMILES string of the molecule is Cc1ccccc1C1(CNCC(C)C)CC1C. The third-order valence-corrected chi connectivity index (χ3v) is 4.13. The maximum atomic E-state index is 3.64. The van der Waals surface area contributed by atoms with Gasteiger partial charge in [0.15, 0.2) is 0 Å². The fraction of sp³-hybridized carbons (Fsp3) is 0.625. The summed E-state index contributed by atoms with van der Waals surface area (Å²) in [6, 6.07) is 8.87. The van der Waals surface area contributed by atoms with E-state index in [1.807, 2.05) is 0 Å². The van der Waals surface area contributed by atoms with Crippen molar-refractivity contribution in [2.75, 3.05) is 13.1 Å². The first-order valence-electron chi connectivity index (χ1n) is 6.83. The van der Waals surface area contributed by atoms with Gasteiger partial charge in [-0.15, -0.1) is 0 Å². The lowest BCUT2D eigenvalue weighted by molar-refractivity contribution is 0.492. The molecule has 1 aromatic carbocycles. The Labute approximate surface area is 106 Å². The van der Waals surface area contributed by atoms with Crippen LogP contribution in [0.4, 0.5) is 0 Å². The van der Waals surface area contributed by atoms with Gasteiger partial charge in [0.25, 0.3) is 0 Å². The highest BCUT2D eigenvalue weighted by molar-refractivity contribution is 5.39. The van der Waals surface area contributed by atoms with Crippen LogP contribution in [0.25, 0.3) is 0 Å². The predicted octanol–water partition coefficient (Wildman–Crippen LogP) is 3.52. The van der Waals surface area contributed by atoms with Crippen molar-refractivity contribution in [1.82, 2.24) is 5.32 Å². The molecule has 0 saturated heterocycles. The van der Waals surface area contributed by atoms with E-state index >= 15 is 0 Å². The summed E-state index contributed by atoms with van der Waals surface area (Å²) in [7, 11) is 0. The van der Waals surface area contributed by atoms with Crippen molar-refractivity contribution in [3.05, 3.63) is 35.4 Å². The van der Waals surface area contributed by atoms with E-state index in [0.29, 0.717) is 5.41 Å². The first-order chi connectivity index (χ1) is 8.06. The van der Waals surface area contributed by atoms with Crippen molar-refractivity contribution in [1.29, 1.82) is 0 Å². The smallest absolute Gasteiger partial charge is 0.0109 e. The molecule has 2 atom stereocenters. The first-order valence-corrected chi connectivity index (χ1v) is 6.83. The van der Waals surface area contributed by atoms with Crippen LogP contribution < -0.4 is 5.32 Å². The number of hydrogen-bond donors (Lipinski definition) is 1. The van der Waals surface area contributed by atoms with E-state index in [1.54, 1.807) is 5.56 Å². The van der Waals surface area contributed by atoms with Gasteiger partial charge in [-0.3, -0.25) is 0 Å². The molecule has 0 bridgehead atoms. The van der Waals surface area contributed by atoms with Gasteiger partial charge in [0.1, 0.15) is 0 Å². The second-order valence-electron chi connectivity index (χ2n) is 6.10. The Morgan fingerprint density at radius 1 is 1.35 bits per heavy atom. The second kappa shape index (κ2) is 4.81. The molecule has 1 aliphatic rings. The van der Waals surface area contributed by atoms with E-state index in [1.165, 1.54) is 12.0 Å². The number of benzene rings is 1. The van der Waals surface area contributed by atoms with Crippen LogP contribution in [0.3, 0.4) is 0 Å². The quantitative estimate of drug-likeness (QED) is 0.817. The van der Waals surface area contributed by atoms with Crippen LogP contribution in [0, 0.1) is 18.8 Å². The Kier molecular flexibility index (Phi) is 3.58. The van der Waals surface area contributed by atoms with Crippen molar-refractivity contribution in [3.8, 4) is 0 Å². The maximum Gasteiger partial charge on any atom is 0.0109 e. The van der Waals surface area contributed by atoms with E-state index < -0.39 is 0 Å². The lowest BCUT2D eigenvalue weighted by Crippen LogP contribution is -2.31. The zero-order valence-corrected chi connectivity index (χ0v) is 11.6. The third-order valence-electron chi connectivity index (χ3n) is 4.13. The van der Waals surface area contributed by atoms with Crippen molar-refractivity contribution < 1.29 is 0 Å². The molecule has 17 heavy (non-hydrogen) atoms. The molecule has 1 saturated carbocycles. The van der Waals surface area contributed by atoms with Crippen LogP contribution in [0.15, 0.2) is 24.3 Å². The van der Waals surface area contributed by atoms with Gasteiger partial charge < -0.3 is 5.32 Å². The number of aryl methyl sites for hydroxylation is 1. The summed E-state index contributed by atoms with van der Waals surface area (Å²) in [5.41, 5.74) is 3.42. The molecule has 2 rings (SSSR count). The lowest BCUT2D eigenvalue weighted by Gasteiger charge is -2.21. The van der Waals surface area contributed by atoms with E-state index in [2.05, 4.69) is 57.3 Å². The van der Waals surface area contributed by atoms with Gasteiger partial charge in [-0.25, -0.2) is 0 Å². The van der Waals surface area contributed by atoms with Crippen LogP contribution >= 0.6 is 0 Å². The maximum absolute atomic E-state index is 3.64. The summed E-state index contributed by atoms with van der Waals surface area (Å²) in [4.78, 5) is 0. The average Bonchev–Trinajstić information content (AvgIpc) is 2.90. The highest BCUT2D eigenvalue weighted by atomic mass is 14.9. The molecule has 94 valence electrons. The fourth-order valence-corrected chi connectivity index (χ4v) is 2.92. The van der Waals surface area contributed by atoms with Gasteiger partial charge in [-0.2, -0.15) is 0 Å². The minimum atomic E-state index is 0.417. The fourth-order valence-electron chi connectivity index (χ4n) is 2.92. The topological polar surface area (TPSA) is 12.0 Å². The van der Waals surface area contributed by atoms with E-state index in [0.717, 1.165) is 24.9 Å². The molecule has 0 aliphatic heterocycles. The molecule has 0 spiro atoms. The second-order valence-corrected chi connectivity index (χ2v) is 6.10. The number of rotatable bonds is 5. The van der Waals surface area contributed by atoms with Crippen molar-refractivity contribution >= 4 is 0 Å². The highest BCUT2D eigenvalue weighted by Gasteiger charge is 2.52. The van der Waals surface area contributed by atoms with Crippen LogP contribution in [0.5, 0.6) is 0 Å². The highest BCUT2D eigenvalue weighted by Crippen LogP contribution is 2.54. The molecule has 0 amide bonds. The molecule has 1 nitrogen and oxygen atoms in total. The Bertz CT molecular complexity index is 383. The van der Waals surface area contributed by atoms with Crippen molar-refractivity contribution in [2.24, 2.45) is 11.8 Å². The average molecular weight is 231 g/mol. The molecular formula is C16H25N. The molecule has 2 unspecified atom stereocenters. The number of hydrogen-bond acceptors (Lipinski definition) is 1. The molecule has 1 N–H and O–H groups in total. The monoisotopic (exact) mass is 231 g/mol. The van der Waals surface area contributed by atoms with Crippen molar-refractivity contribution in [3.63, 3.8) is 0 Å². The van der Waals surface area contributed by atoms with Crippen LogP contribution in [0.2, 0.25) is 0 Å². The zero-order valence-electron chi connectivity index (χ0n) is 11.6. The lowest BCUT2D eigenvalue weighted by atomic mass is 9.89. The third kappa shape index (κ3) is 2.55. The van der Waals surface area contributed by atoms with Gasteiger partial charge in [-0.1, -0.05) is 45.0 Å².